The van der Waals surface area contributed by atoms with Crippen LogP contribution in [0.25, 0.3) is 0 Å². The van der Waals surface area contributed by atoms with Crippen molar-refractivity contribution >= 4 is 17.6 Å². The summed E-state index contributed by atoms with van der Waals surface area (Å²) < 4.78 is 0. The van der Waals surface area contributed by atoms with E-state index in [2.05, 4.69) is 5.32 Å². The van der Waals surface area contributed by atoms with Gasteiger partial charge in [0.05, 0.1) is 0 Å². The van der Waals surface area contributed by atoms with E-state index in [4.69, 9.17) is 17.3 Å². The van der Waals surface area contributed by atoms with Gasteiger partial charge in [0.15, 0.2) is 0 Å². The van der Waals surface area contributed by atoms with Crippen molar-refractivity contribution in [3.63, 3.8) is 0 Å². The first kappa shape index (κ1) is 10.8. The van der Waals surface area contributed by atoms with Crippen LogP contribution in [0, 0.1) is 0 Å². The summed E-state index contributed by atoms with van der Waals surface area (Å²) in [6, 6.07) is 7.06. The van der Waals surface area contributed by atoms with Gasteiger partial charge in [0.2, 0.25) is 0 Å². The summed E-state index contributed by atoms with van der Waals surface area (Å²) in [5, 5.41) is 3.25. The van der Waals surface area contributed by atoms with Crippen LogP contribution in [0.3, 0.4) is 0 Å². The summed E-state index contributed by atoms with van der Waals surface area (Å²) in [5.74, 6) is 0.166. The lowest BCUT2D eigenvalue weighted by Crippen LogP contribution is -2.27. The van der Waals surface area contributed by atoms with Gasteiger partial charge in [-0.05, 0) is 29.8 Å². The molecule has 0 radical (unpaired) electrons. The molecule has 0 fully saturated rings. The highest BCUT2D eigenvalue weighted by Crippen LogP contribution is 2.26. The average molecular weight is 235 g/mol. The van der Waals surface area contributed by atoms with E-state index in [1.807, 2.05) is 42.5 Å². The van der Waals surface area contributed by atoms with E-state index < -0.39 is 6.03 Å². The van der Waals surface area contributed by atoms with Crippen LogP contribution in [-0.4, -0.2) is 6.03 Å². The Morgan fingerprint density at radius 3 is 2.62 bits per heavy atom. The number of rotatable bonds is 2. The molecule has 0 bridgehead atoms. The average Bonchev–Trinajstić information content (AvgIpc) is 2.66. The zero-order valence-corrected chi connectivity index (χ0v) is 9.24. The third-order valence-corrected chi connectivity index (χ3v) is 2.62. The summed E-state index contributed by atoms with van der Waals surface area (Å²) in [7, 11) is 0. The van der Waals surface area contributed by atoms with Gasteiger partial charge in [-0.1, -0.05) is 29.8 Å². The smallest absolute Gasteiger partial charge is 0.316 e. The Balaban J connectivity index is 2.14. The fourth-order valence-corrected chi connectivity index (χ4v) is 1.76. The van der Waals surface area contributed by atoms with E-state index >= 15 is 0 Å². The molecule has 0 saturated heterocycles. The van der Waals surface area contributed by atoms with Gasteiger partial charge in [-0.3, -0.25) is 0 Å². The minimum Gasteiger partial charge on any atom is -0.351 e. The molecule has 1 aromatic carbocycles. The molecule has 2 amide bonds. The minimum atomic E-state index is -0.548. The van der Waals surface area contributed by atoms with Crippen molar-refractivity contribution in [1.29, 1.82) is 0 Å². The first-order valence-corrected chi connectivity index (χ1v) is 5.25. The fraction of sp³-hybridized carbons (Fsp3) is 0.0833. The lowest BCUT2D eigenvalue weighted by Gasteiger charge is -2.05. The number of nitrogens with one attached hydrogen (secondary N) is 1. The van der Waals surface area contributed by atoms with Crippen molar-refractivity contribution in [1.82, 2.24) is 5.32 Å². The van der Waals surface area contributed by atoms with Crippen molar-refractivity contribution in [2.75, 3.05) is 0 Å². The topological polar surface area (TPSA) is 55.1 Å². The summed E-state index contributed by atoms with van der Waals surface area (Å²) in [4.78, 5) is 10.7. The molecule has 82 valence electrons. The zero-order valence-electron chi connectivity index (χ0n) is 8.48. The van der Waals surface area contributed by atoms with Gasteiger partial charge in [0.25, 0.3) is 0 Å². The second-order valence-electron chi connectivity index (χ2n) is 3.55. The van der Waals surface area contributed by atoms with Gasteiger partial charge in [-0.15, -0.1) is 0 Å². The highest BCUT2D eigenvalue weighted by atomic mass is 35.5. The first-order valence-electron chi connectivity index (χ1n) is 4.87. The predicted octanol–water partition coefficient (Wildman–Crippen LogP) is 2.55. The standard InChI is InChI=1S/C12H11ClN2O/c13-10-4-1-8(2-5-10)9-3-6-11(7-9)15-12(14)16/h1-7,9H,(H3,14,15,16). The summed E-state index contributed by atoms with van der Waals surface area (Å²) in [5.41, 5.74) is 6.89. The van der Waals surface area contributed by atoms with Crippen LogP contribution in [0.1, 0.15) is 11.5 Å². The van der Waals surface area contributed by atoms with Crippen LogP contribution < -0.4 is 11.1 Å². The van der Waals surface area contributed by atoms with E-state index in [0.29, 0.717) is 5.02 Å². The number of benzene rings is 1. The molecule has 2 rings (SSSR count). The van der Waals surface area contributed by atoms with Crippen molar-refractivity contribution in [3.8, 4) is 0 Å². The molecule has 0 aromatic heterocycles. The van der Waals surface area contributed by atoms with Gasteiger partial charge in [0, 0.05) is 16.6 Å². The molecule has 1 atom stereocenters. The van der Waals surface area contributed by atoms with Gasteiger partial charge in [0.1, 0.15) is 0 Å². The highest BCUT2D eigenvalue weighted by Gasteiger charge is 2.12. The van der Waals surface area contributed by atoms with Gasteiger partial charge in [-0.25, -0.2) is 4.79 Å². The fourth-order valence-electron chi connectivity index (χ4n) is 1.63. The van der Waals surface area contributed by atoms with Gasteiger partial charge < -0.3 is 11.1 Å². The van der Waals surface area contributed by atoms with Crippen LogP contribution in [0.15, 0.2) is 48.2 Å². The first-order chi connectivity index (χ1) is 7.65. The van der Waals surface area contributed by atoms with Crippen LogP contribution in [0.5, 0.6) is 0 Å². The maximum absolute atomic E-state index is 10.7. The Labute approximate surface area is 98.6 Å². The Morgan fingerprint density at radius 1 is 1.31 bits per heavy atom. The number of hydrogen-bond acceptors (Lipinski definition) is 1. The molecule has 0 spiro atoms. The molecule has 0 heterocycles. The Kier molecular flexibility index (Phi) is 2.97. The number of carbonyl (C=O) groups excluding carboxylic acids is 1. The van der Waals surface area contributed by atoms with Crippen molar-refractivity contribution < 1.29 is 4.79 Å². The van der Waals surface area contributed by atoms with Crippen molar-refractivity contribution in [2.24, 2.45) is 5.73 Å². The summed E-state index contributed by atoms with van der Waals surface area (Å²) in [6.45, 7) is 0. The van der Waals surface area contributed by atoms with Crippen LogP contribution in [-0.2, 0) is 0 Å². The molecule has 0 saturated carbocycles. The van der Waals surface area contributed by atoms with Crippen LogP contribution >= 0.6 is 11.6 Å². The number of urea groups is 1. The number of allylic oxidation sites excluding steroid dienone is 3. The second kappa shape index (κ2) is 4.41. The summed E-state index contributed by atoms with van der Waals surface area (Å²) in [6.07, 6.45) is 5.77. The highest BCUT2D eigenvalue weighted by molar-refractivity contribution is 6.30. The molecule has 0 aliphatic heterocycles. The second-order valence-corrected chi connectivity index (χ2v) is 3.98. The number of amides is 2. The lowest BCUT2D eigenvalue weighted by molar-refractivity contribution is 0.251. The molecule has 3 N–H and O–H groups in total. The molecule has 3 nitrogen and oxygen atoms in total. The van der Waals surface area contributed by atoms with Crippen molar-refractivity contribution in [3.05, 3.63) is 58.8 Å². The third-order valence-electron chi connectivity index (χ3n) is 2.36. The third kappa shape index (κ3) is 2.44. The SMILES string of the molecule is NC(=O)NC1=CC(c2ccc(Cl)cc2)C=C1. The number of primary amides is 1. The van der Waals surface area contributed by atoms with Crippen LogP contribution in [0.2, 0.25) is 5.02 Å². The van der Waals surface area contributed by atoms with Crippen molar-refractivity contribution in [2.45, 2.75) is 5.92 Å². The van der Waals surface area contributed by atoms with E-state index in [0.717, 1.165) is 11.3 Å². The number of nitrogens with two attached hydrogens (primary N) is 1. The van der Waals surface area contributed by atoms with E-state index in [1.165, 1.54) is 0 Å². The van der Waals surface area contributed by atoms with Gasteiger partial charge >= 0.3 is 6.03 Å². The molecule has 1 aliphatic rings. The van der Waals surface area contributed by atoms with Crippen LogP contribution in [0.4, 0.5) is 4.79 Å². The number of carbonyl (C=O) groups is 1. The lowest BCUT2D eigenvalue weighted by atomic mass is 10.0. The van der Waals surface area contributed by atoms with E-state index in [1.54, 1.807) is 0 Å². The molecular formula is C12H11ClN2O. The molecule has 16 heavy (non-hydrogen) atoms. The maximum atomic E-state index is 10.7. The largest absolute Gasteiger partial charge is 0.351 e. The Morgan fingerprint density at radius 2 is 2.00 bits per heavy atom. The Bertz CT molecular complexity index is 462. The summed E-state index contributed by atoms with van der Waals surface area (Å²) >= 11 is 5.81. The number of halogens is 1. The van der Waals surface area contributed by atoms with E-state index in [-0.39, 0.29) is 5.92 Å². The Hall–Kier alpha value is -1.74. The van der Waals surface area contributed by atoms with Gasteiger partial charge in [-0.2, -0.15) is 0 Å². The maximum Gasteiger partial charge on any atom is 0.316 e. The predicted molar refractivity (Wildman–Crippen MR) is 64.1 cm³/mol. The molecule has 1 aliphatic carbocycles. The number of hydrogen-bond donors (Lipinski definition) is 2. The van der Waals surface area contributed by atoms with E-state index in [9.17, 15) is 4.79 Å². The molecule has 4 heteroatoms. The molecular weight excluding hydrogens is 224 g/mol. The minimum absolute atomic E-state index is 0.166. The zero-order chi connectivity index (χ0) is 11.5. The normalized spacial score (nSPS) is 18.3. The molecule has 1 aromatic rings. The quantitative estimate of drug-likeness (QED) is 0.812. The molecule has 1 unspecified atom stereocenters. The monoisotopic (exact) mass is 234 g/mol.